The molecule has 0 fully saturated rings. The number of carbonyl (C=O) groups excluding carboxylic acids is 2. The molecule has 0 aliphatic carbocycles. The van der Waals surface area contributed by atoms with Gasteiger partial charge in [0.25, 0.3) is 11.6 Å². The number of esters is 1. The van der Waals surface area contributed by atoms with Crippen molar-refractivity contribution in [3.8, 4) is 0 Å². The molecule has 2 aromatic rings. The predicted octanol–water partition coefficient (Wildman–Crippen LogP) is 3.57. The highest BCUT2D eigenvalue weighted by molar-refractivity contribution is 8.00. The number of thioether (sulfide) groups is 1. The Morgan fingerprint density at radius 2 is 1.77 bits per heavy atom. The number of nitrogens with one attached hydrogen (secondary N) is 1. The zero-order valence-electron chi connectivity index (χ0n) is 14.3. The van der Waals surface area contributed by atoms with E-state index in [1.165, 1.54) is 23.9 Å². The minimum Gasteiger partial charge on any atom is -0.455 e. The summed E-state index contributed by atoms with van der Waals surface area (Å²) in [6, 6.07) is 13.1. The number of amides is 1. The maximum Gasteiger partial charge on any atom is 0.319 e. The average Bonchev–Trinajstić information content (AvgIpc) is 2.62. The Morgan fingerprint density at radius 1 is 1.15 bits per heavy atom. The first-order valence-electron chi connectivity index (χ1n) is 7.79. The monoisotopic (exact) mass is 374 g/mol. The van der Waals surface area contributed by atoms with Gasteiger partial charge < -0.3 is 10.1 Å². The summed E-state index contributed by atoms with van der Waals surface area (Å²) in [5, 5.41) is 12.7. The van der Waals surface area contributed by atoms with E-state index in [-0.39, 0.29) is 12.3 Å². The fourth-order valence-electron chi connectivity index (χ4n) is 1.99. The normalized spacial score (nSPS) is 11.5. The van der Waals surface area contributed by atoms with Crippen LogP contribution >= 0.6 is 11.8 Å². The summed E-state index contributed by atoms with van der Waals surface area (Å²) < 4.78 is 5.02. The van der Waals surface area contributed by atoms with E-state index in [2.05, 4.69) is 5.32 Å². The molecule has 26 heavy (non-hydrogen) atoms. The Balaban J connectivity index is 1.79. The Bertz CT molecular complexity index is 790. The molecule has 0 spiro atoms. The lowest BCUT2D eigenvalue weighted by atomic mass is 10.2. The summed E-state index contributed by atoms with van der Waals surface area (Å²) >= 11 is 1.20. The van der Waals surface area contributed by atoms with E-state index in [9.17, 15) is 19.7 Å². The fraction of sp³-hybridized carbons (Fsp3) is 0.222. The lowest BCUT2D eigenvalue weighted by molar-refractivity contribution is -0.384. The number of benzene rings is 2. The molecule has 0 aromatic heterocycles. The smallest absolute Gasteiger partial charge is 0.319 e. The van der Waals surface area contributed by atoms with Crippen molar-refractivity contribution in [3.05, 3.63) is 64.2 Å². The summed E-state index contributed by atoms with van der Waals surface area (Å²) in [6.07, 6.45) is 0. The van der Waals surface area contributed by atoms with Gasteiger partial charge >= 0.3 is 5.97 Å². The van der Waals surface area contributed by atoms with E-state index in [1.54, 1.807) is 31.2 Å². The highest BCUT2D eigenvalue weighted by Gasteiger charge is 2.18. The first-order valence-corrected chi connectivity index (χ1v) is 8.67. The highest BCUT2D eigenvalue weighted by atomic mass is 32.2. The molecular weight excluding hydrogens is 356 g/mol. The van der Waals surface area contributed by atoms with Crippen LogP contribution in [0.1, 0.15) is 12.5 Å². The number of ether oxygens (including phenoxy) is 1. The topological polar surface area (TPSA) is 98.5 Å². The number of nitrogens with zero attached hydrogens (tertiary/aromatic N) is 1. The number of rotatable bonds is 7. The van der Waals surface area contributed by atoms with Crippen molar-refractivity contribution in [1.29, 1.82) is 0 Å². The largest absolute Gasteiger partial charge is 0.455 e. The number of hydrogen-bond donors (Lipinski definition) is 1. The molecule has 0 heterocycles. The summed E-state index contributed by atoms with van der Waals surface area (Å²) in [5.74, 6) is -0.956. The second-order valence-electron chi connectivity index (χ2n) is 5.53. The van der Waals surface area contributed by atoms with Crippen LogP contribution < -0.4 is 5.32 Å². The van der Waals surface area contributed by atoms with Gasteiger partial charge in [0.2, 0.25) is 0 Å². The standard InChI is InChI=1S/C18H18N2O5S/c1-12-3-5-14(6-4-12)19-17(21)11-25-18(22)13(2)26-16-9-7-15(8-10-16)20(23)24/h3-10,13H,11H2,1-2H3,(H,19,21). The van der Waals surface area contributed by atoms with Crippen molar-refractivity contribution >= 4 is 35.0 Å². The van der Waals surface area contributed by atoms with Gasteiger partial charge in [0.1, 0.15) is 5.25 Å². The minimum atomic E-state index is -0.552. The summed E-state index contributed by atoms with van der Waals surface area (Å²) in [7, 11) is 0. The third kappa shape index (κ3) is 5.89. The molecule has 136 valence electrons. The average molecular weight is 374 g/mol. The number of nitro benzene ring substituents is 1. The minimum absolute atomic E-state index is 0.0163. The summed E-state index contributed by atoms with van der Waals surface area (Å²) in [6.45, 7) is 3.21. The van der Waals surface area contributed by atoms with Gasteiger partial charge in [-0.2, -0.15) is 0 Å². The number of nitro groups is 1. The van der Waals surface area contributed by atoms with E-state index in [0.717, 1.165) is 5.56 Å². The second kappa shape index (κ2) is 9.00. The van der Waals surface area contributed by atoms with Crippen molar-refractivity contribution in [1.82, 2.24) is 0 Å². The molecule has 0 aliphatic heterocycles. The van der Waals surface area contributed by atoms with Gasteiger partial charge in [-0.1, -0.05) is 17.7 Å². The maximum atomic E-state index is 12.0. The molecule has 2 rings (SSSR count). The molecule has 8 heteroatoms. The van der Waals surface area contributed by atoms with Gasteiger partial charge in [-0.05, 0) is 38.1 Å². The van der Waals surface area contributed by atoms with Crippen LogP contribution in [0.5, 0.6) is 0 Å². The predicted molar refractivity (Wildman–Crippen MR) is 99.2 cm³/mol. The van der Waals surface area contributed by atoms with Crippen molar-refractivity contribution in [2.24, 2.45) is 0 Å². The Morgan fingerprint density at radius 3 is 2.35 bits per heavy atom. The molecule has 0 saturated carbocycles. The number of carbonyl (C=O) groups is 2. The molecule has 1 amide bonds. The van der Waals surface area contributed by atoms with Crippen LogP contribution in [0, 0.1) is 17.0 Å². The molecular formula is C18H18N2O5S. The fourth-order valence-corrected chi connectivity index (χ4v) is 2.85. The lowest BCUT2D eigenvalue weighted by Crippen LogP contribution is -2.24. The zero-order chi connectivity index (χ0) is 19.1. The summed E-state index contributed by atoms with van der Waals surface area (Å²) in [5.41, 5.74) is 1.69. The highest BCUT2D eigenvalue weighted by Crippen LogP contribution is 2.26. The molecule has 7 nitrogen and oxygen atoms in total. The third-order valence-corrected chi connectivity index (χ3v) is 4.46. The maximum absolute atomic E-state index is 12.0. The third-order valence-electron chi connectivity index (χ3n) is 3.37. The van der Waals surface area contributed by atoms with Gasteiger partial charge in [-0.15, -0.1) is 11.8 Å². The van der Waals surface area contributed by atoms with E-state index in [1.807, 2.05) is 19.1 Å². The van der Waals surface area contributed by atoms with Gasteiger partial charge in [0.05, 0.1) is 4.92 Å². The molecule has 0 radical (unpaired) electrons. The lowest BCUT2D eigenvalue weighted by Gasteiger charge is -2.11. The molecule has 0 aliphatic rings. The summed E-state index contributed by atoms with van der Waals surface area (Å²) in [4.78, 5) is 34.7. The van der Waals surface area contributed by atoms with Gasteiger partial charge in [0.15, 0.2) is 6.61 Å². The van der Waals surface area contributed by atoms with Crippen LogP contribution in [0.25, 0.3) is 0 Å². The Hall–Kier alpha value is -2.87. The number of anilines is 1. The van der Waals surface area contributed by atoms with Crippen LogP contribution in [0.2, 0.25) is 0 Å². The van der Waals surface area contributed by atoms with E-state index < -0.39 is 22.0 Å². The van der Waals surface area contributed by atoms with Crippen molar-refractivity contribution in [2.45, 2.75) is 24.0 Å². The van der Waals surface area contributed by atoms with Crippen LogP contribution in [0.3, 0.4) is 0 Å². The van der Waals surface area contributed by atoms with Crippen molar-refractivity contribution in [3.63, 3.8) is 0 Å². The van der Waals surface area contributed by atoms with Gasteiger partial charge in [0, 0.05) is 22.7 Å². The molecule has 1 atom stereocenters. The number of non-ortho nitro benzene ring substituents is 1. The second-order valence-corrected chi connectivity index (χ2v) is 6.95. The van der Waals surface area contributed by atoms with Crippen LogP contribution in [0.15, 0.2) is 53.4 Å². The van der Waals surface area contributed by atoms with Crippen molar-refractivity contribution < 1.29 is 19.2 Å². The van der Waals surface area contributed by atoms with Crippen molar-refractivity contribution in [2.75, 3.05) is 11.9 Å². The molecule has 0 bridgehead atoms. The Labute approximate surface area is 154 Å². The molecule has 1 N–H and O–H groups in total. The van der Waals surface area contributed by atoms with Crippen LogP contribution in [-0.2, 0) is 14.3 Å². The molecule has 0 saturated heterocycles. The first-order chi connectivity index (χ1) is 12.3. The quantitative estimate of drug-likeness (QED) is 0.344. The van der Waals surface area contributed by atoms with Gasteiger partial charge in [-0.3, -0.25) is 19.7 Å². The molecule has 2 aromatic carbocycles. The van der Waals surface area contributed by atoms with Crippen LogP contribution in [0.4, 0.5) is 11.4 Å². The van der Waals surface area contributed by atoms with E-state index in [4.69, 9.17) is 4.74 Å². The SMILES string of the molecule is Cc1ccc(NC(=O)COC(=O)C(C)Sc2ccc([N+](=O)[O-])cc2)cc1. The van der Waals surface area contributed by atoms with Gasteiger partial charge in [-0.25, -0.2) is 0 Å². The molecule has 1 unspecified atom stereocenters. The first kappa shape index (κ1) is 19.5. The zero-order valence-corrected chi connectivity index (χ0v) is 15.1. The van der Waals surface area contributed by atoms with Crippen LogP contribution in [-0.4, -0.2) is 28.7 Å². The Kier molecular flexibility index (Phi) is 6.74. The number of hydrogen-bond acceptors (Lipinski definition) is 6. The van der Waals surface area contributed by atoms with E-state index in [0.29, 0.717) is 10.6 Å². The van der Waals surface area contributed by atoms with E-state index >= 15 is 0 Å². The number of aryl methyl sites for hydroxylation is 1.